The van der Waals surface area contributed by atoms with Crippen LogP contribution in [0, 0.1) is 5.92 Å². The van der Waals surface area contributed by atoms with Gasteiger partial charge in [0.15, 0.2) is 0 Å². The molecule has 0 aliphatic carbocycles. The molecule has 1 rings (SSSR count). The van der Waals surface area contributed by atoms with Crippen LogP contribution in [0.25, 0.3) is 0 Å². The maximum absolute atomic E-state index is 13.0. The van der Waals surface area contributed by atoms with Gasteiger partial charge in [-0.1, -0.05) is 30.3 Å². The fourth-order valence-electron chi connectivity index (χ4n) is 2.16. The molecule has 1 aromatic rings. The minimum Gasteiger partial charge on any atom is -0.251 e. The molecule has 0 fully saturated rings. The van der Waals surface area contributed by atoms with Gasteiger partial charge in [0.05, 0.1) is 18.1 Å². The van der Waals surface area contributed by atoms with Crippen LogP contribution in [0.3, 0.4) is 0 Å². The lowest BCUT2D eigenvalue weighted by atomic mass is 9.81. The maximum atomic E-state index is 13.0. The number of benzene rings is 1. The van der Waals surface area contributed by atoms with Gasteiger partial charge in [0.1, 0.15) is 0 Å². The van der Waals surface area contributed by atoms with Crippen molar-refractivity contribution in [3.8, 4) is 0 Å². The van der Waals surface area contributed by atoms with Crippen LogP contribution in [0.5, 0.6) is 0 Å². The molecule has 0 aromatic heterocycles. The quantitative estimate of drug-likeness (QED) is 0.842. The van der Waals surface area contributed by atoms with E-state index in [1.165, 1.54) is 13.8 Å². The summed E-state index contributed by atoms with van der Waals surface area (Å²) >= 11 is 0. The summed E-state index contributed by atoms with van der Waals surface area (Å²) in [6.07, 6.45) is 0.0777. The zero-order valence-electron chi connectivity index (χ0n) is 11.7. The number of hydrogen-bond donors (Lipinski definition) is 1. The number of hydrogen-bond acceptors (Lipinski definition) is 2. The lowest BCUT2D eigenvalue weighted by Gasteiger charge is -2.31. The first-order valence-electron chi connectivity index (χ1n) is 6.42. The largest absolute Gasteiger partial charge is 0.251 e. The Kier molecular flexibility index (Phi) is 5.65. The molecule has 1 unspecified atom stereocenters. The number of sulfonamides is 1. The van der Waals surface area contributed by atoms with Gasteiger partial charge in [-0.2, -0.15) is 0 Å². The Hall–Kier alpha value is -1.01. The van der Waals surface area contributed by atoms with Crippen LogP contribution in [0.2, 0.25) is 0 Å². The highest BCUT2D eigenvalue weighted by molar-refractivity contribution is 7.90. The molecular formula is C14H21F2NO2S. The highest BCUT2D eigenvalue weighted by Gasteiger charge is 2.37. The van der Waals surface area contributed by atoms with Gasteiger partial charge < -0.3 is 0 Å². The molecule has 3 nitrogen and oxygen atoms in total. The standard InChI is InChI=1S/C14H21F2NO2S/c1-14(2,20(17,18)19)8-13(12(9-15)10-16)11-6-4-3-5-7-11/h3-7,12-13H,8-10H2,1-2H3,(H2,17,18,19). The topological polar surface area (TPSA) is 60.2 Å². The van der Waals surface area contributed by atoms with Crippen LogP contribution in [-0.2, 0) is 10.0 Å². The summed E-state index contributed by atoms with van der Waals surface area (Å²) in [4.78, 5) is 0. The van der Waals surface area contributed by atoms with Crippen molar-refractivity contribution in [2.45, 2.75) is 30.9 Å². The van der Waals surface area contributed by atoms with Crippen molar-refractivity contribution in [1.82, 2.24) is 0 Å². The molecule has 0 saturated heterocycles. The van der Waals surface area contributed by atoms with Gasteiger partial charge in [0.2, 0.25) is 10.0 Å². The molecule has 0 spiro atoms. The molecule has 20 heavy (non-hydrogen) atoms. The third-order valence-corrected chi connectivity index (χ3v) is 5.38. The van der Waals surface area contributed by atoms with E-state index in [1.54, 1.807) is 30.3 Å². The van der Waals surface area contributed by atoms with E-state index < -0.39 is 40.0 Å². The SMILES string of the molecule is CC(C)(CC(c1ccccc1)C(CF)CF)S(N)(=O)=O. The van der Waals surface area contributed by atoms with E-state index in [9.17, 15) is 17.2 Å². The van der Waals surface area contributed by atoms with E-state index in [1.807, 2.05) is 0 Å². The molecule has 0 amide bonds. The predicted molar refractivity (Wildman–Crippen MR) is 76.4 cm³/mol. The van der Waals surface area contributed by atoms with Crippen molar-refractivity contribution in [1.29, 1.82) is 0 Å². The Morgan fingerprint density at radius 1 is 1.15 bits per heavy atom. The first kappa shape index (κ1) is 17.0. The summed E-state index contributed by atoms with van der Waals surface area (Å²) < 4.78 is 48.1. The van der Waals surface area contributed by atoms with Gasteiger partial charge in [-0.3, -0.25) is 8.78 Å². The van der Waals surface area contributed by atoms with Gasteiger partial charge in [-0.25, -0.2) is 13.6 Å². The Morgan fingerprint density at radius 2 is 1.65 bits per heavy atom. The second-order valence-corrected chi connectivity index (χ2v) is 7.79. The molecule has 6 heteroatoms. The molecule has 0 radical (unpaired) electrons. The van der Waals surface area contributed by atoms with Crippen LogP contribution in [0.4, 0.5) is 8.78 Å². The average Bonchev–Trinajstić information content (AvgIpc) is 2.38. The number of rotatable bonds is 7. The molecule has 1 aromatic carbocycles. The van der Waals surface area contributed by atoms with E-state index in [0.29, 0.717) is 0 Å². The van der Waals surface area contributed by atoms with Crippen molar-refractivity contribution in [3.63, 3.8) is 0 Å². The number of primary sulfonamides is 1. The molecule has 0 saturated carbocycles. The third kappa shape index (κ3) is 3.99. The number of halogens is 2. The van der Waals surface area contributed by atoms with E-state index >= 15 is 0 Å². The van der Waals surface area contributed by atoms with Crippen LogP contribution in [0.1, 0.15) is 31.7 Å². The highest BCUT2D eigenvalue weighted by Crippen LogP contribution is 2.36. The third-order valence-electron chi connectivity index (χ3n) is 3.67. The zero-order chi connectivity index (χ0) is 15.4. The summed E-state index contributed by atoms with van der Waals surface area (Å²) in [5.74, 6) is -1.39. The minimum absolute atomic E-state index is 0.0777. The highest BCUT2D eigenvalue weighted by atomic mass is 32.2. The number of nitrogens with two attached hydrogens (primary N) is 1. The molecule has 114 valence electrons. The molecule has 0 aliphatic heterocycles. The molecule has 0 heterocycles. The van der Waals surface area contributed by atoms with Gasteiger partial charge in [0, 0.05) is 5.92 Å². The van der Waals surface area contributed by atoms with Crippen molar-refractivity contribution >= 4 is 10.0 Å². The molecule has 1 atom stereocenters. The molecule has 0 bridgehead atoms. The Bertz CT molecular complexity index is 513. The monoisotopic (exact) mass is 305 g/mol. The summed E-state index contributed by atoms with van der Waals surface area (Å²) in [5, 5.41) is 5.21. The maximum Gasteiger partial charge on any atom is 0.214 e. The Labute approximate surface area is 119 Å². The fraction of sp³-hybridized carbons (Fsp3) is 0.571. The van der Waals surface area contributed by atoms with Crippen LogP contribution in [0.15, 0.2) is 30.3 Å². The smallest absolute Gasteiger partial charge is 0.214 e. The zero-order valence-corrected chi connectivity index (χ0v) is 12.5. The lowest BCUT2D eigenvalue weighted by molar-refractivity contribution is 0.236. The second kappa shape index (κ2) is 6.63. The van der Waals surface area contributed by atoms with Gasteiger partial charge >= 0.3 is 0 Å². The lowest BCUT2D eigenvalue weighted by Crippen LogP contribution is -2.40. The van der Waals surface area contributed by atoms with Crippen molar-refractivity contribution in [3.05, 3.63) is 35.9 Å². The molecule has 0 aliphatic rings. The Balaban J connectivity index is 3.13. The summed E-state index contributed by atoms with van der Waals surface area (Å²) in [7, 11) is -3.80. The van der Waals surface area contributed by atoms with Crippen molar-refractivity contribution < 1.29 is 17.2 Å². The van der Waals surface area contributed by atoms with Crippen LogP contribution in [-0.4, -0.2) is 26.5 Å². The average molecular weight is 305 g/mol. The first-order valence-corrected chi connectivity index (χ1v) is 7.96. The van der Waals surface area contributed by atoms with Crippen molar-refractivity contribution in [2.75, 3.05) is 13.3 Å². The summed E-state index contributed by atoms with van der Waals surface area (Å²) in [6.45, 7) is 1.28. The van der Waals surface area contributed by atoms with Crippen LogP contribution < -0.4 is 5.14 Å². The molecular weight excluding hydrogens is 284 g/mol. The second-order valence-electron chi connectivity index (χ2n) is 5.59. The van der Waals surface area contributed by atoms with Gasteiger partial charge in [0.25, 0.3) is 0 Å². The van der Waals surface area contributed by atoms with E-state index in [-0.39, 0.29) is 6.42 Å². The summed E-state index contributed by atoms with van der Waals surface area (Å²) in [5.41, 5.74) is 0.726. The molecule has 2 N–H and O–H groups in total. The van der Waals surface area contributed by atoms with E-state index in [0.717, 1.165) is 5.56 Å². The van der Waals surface area contributed by atoms with E-state index in [2.05, 4.69) is 0 Å². The summed E-state index contributed by atoms with van der Waals surface area (Å²) in [6, 6.07) is 8.83. The predicted octanol–water partition coefficient (Wildman–Crippen LogP) is 2.78. The number of alkyl halides is 2. The fourth-order valence-corrected chi connectivity index (χ4v) is 2.57. The Morgan fingerprint density at radius 3 is 2.05 bits per heavy atom. The van der Waals surface area contributed by atoms with Gasteiger partial charge in [-0.05, 0) is 31.7 Å². The van der Waals surface area contributed by atoms with Gasteiger partial charge in [-0.15, -0.1) is 0 Å². The van der Waals surface area contributed by atoms with Crippen LogP contribution >= 0.6 is 0 Å². The van der Waals surface area contributed by atoms with E-state index in [4.69, 9.17) is 5.14 Å². The normalized spacial score (nSPS) is 14.5. The first-order chi connectivity index (χ1) is 9.23. The minimum atomic E-state index is -3.80. The van der Waals surface area contributed by atoms with Crippen molar-refractivity contribution in [2.24, 2.45) is 11.1 Å².